The van der Waals surface area contributed by atoms with Crippen molar-refractivity contribution in [3.8, 4) is 0 Å². The first-order chi connectivity index (χ1) is 7.85. The van der Waals surface area contributed by atoms with Crippen LogP contribution < -0.4 is 5.73 Å². The average Bonchev–Trinajstić information content (AvgIpc) is 2.31. The van der Waals surface area contributed by atoms with Crippen LogP contribution >= 0.6 is 0 Å². The summed E-state index contributed by atoms with van der Waals surface area (Å²) in [4.78, 5) is 0. The molecule has 3 nitrogen and oxygen atoms in total. The summed E-state index contributed by atoms with van der Waals surface area (Å²) in [5, 5.41) is 0. The molecule has 3 heteroatoms. The Balaban J connectivity index is 3.48. The van der Waals surface area contributed by atoms with Crippen LogP contribution in [0.2, 0.25) is 0 Å². The summed E-state index contributed by atoms with van der Waals surface area (Å²) in [6, 6.07) is 0. The van der Waals surface area contributed by atoms with Crippen molar-refractivity contribution in [2.75, 3.05) is 19.8 Å². The molecule has 0 rings (SSSR count). The molecule has 0 heterocycles. The summed E-state index contributed by atoms with van der Waals surface area (Å²) >= 11 is 0. The fourth-order valence-electron chi connectivity index (χ4n) is 1.52. The fourth-order valence-corrected chi connectivity index (χ4v) is 1.52. The zero-order valence-electron chi connectivity index (χ0n) is 11.0. The summed E-state index contributed by atoms with van der Waals surface area (Å²) in [5.74, 6) is 0. The van der Waals surface area contributed by atoms with E-state index in [4.69, 9.17) is 15.2 Å². The molecule has 0 fully saturated rings. The van der Waals surface area contributed by atoms with E-state index in [1.54, 1.807) is 0 Å². The highest BCUT2D eigenvalue weighted by atomic mass is 16.7. The normalized spacial score (nSPS) is 11.2. The maximum atomic E-state index is 5.65. The highest BCUT2D eigenvalue weighted by Crippen LogP contribution is 2.10. The first kappa shape index (κ1) is 15.9. The van der Waals surface area contributed by atoms with Gasteiger partial charge in [-0.05, 0) is 38.6 Å². The van der Waals surface area contributed by atoms with Crippen molar-refractivity contribution in [3.63, 3.8) is 0 Å². The molecule has 2 N–H and O–H groups in total. The Morgan fingerprint density at radius 1 is 0.875 bits per heavy atom. The van der Waals surface area contributed by atoms with Gasteiger partial charge in [-0.25, -0.2) is 0 Å². The van der Waals surface area contributed by atoms with Crippen LogP contribution in [0.3, 0.4) is 0 Å². The summed E-state index contributed by atoms with van der Waals surface area (Å²) in [7, 11) is 0. The summed E-state index contributed by atoms with van der Waals surface area (Å²) in [5.41, 5.74) is 5.45. The molecule has 0 radical (unpaired) electrons. The molecule has 0 bridgehead atoms. The van der Waals surface area contributed by atoms with E-state index < -0.39 is 0 Å². The van der Waals surface area contributed by atoms with Crippen molar-refractivity contribution in [1.82, 2.24) is 0 Å². The molecule has 0 atom stereocenters. The zero-order valence-corrected chi connectivity index (χ0v) is 11.0. The van der Waals surface area contributed by atoms with E-state index in [1.165, 1.54) is 19.3 Å². The maximum absolute atomic E-state index is 5.65. The zero-order chi connectivity index (χ0) is 12.1. The molecular formula is C13H29NO2. The molecule has 0 saturated carbocycles. The minimum Gasteiger partial charge on any atom is -0.353 e. The largest absolute Gasteiger partial charge is 0.353 e. The molecule has 0 amide bonds. The Bertz CT molecular complexity index is 123. The lowest BCUT2D eigenvalue weighted by Gasteiger charge is -2.17. The van der Waals surface area contributed by atoms with Gasteiger partial charge in [0.1, 0.15) is 0 Å². The number of rotatable bonds is 12. The van der Waals surface area contributed by atoms with Crippen molar-refractivity contribution < 1.29 is 9.47 Å². The molecule has 0 spiro atoms. The predicted molar refractivity (Wildman–Crippen MR) is 68.4 cm³/mol. The summed E-state index contributed by atoms with van der Waals surface area (Å²) in [6.45, 7) is 6.66. The number of unbranched alkanes of at least 4 members (excludes halogenated alkanes) is 3. The van der Waals surface area contributed by atoms with Crippen LogP contribution in [-0.2, 0) is 9.47 Å². The lowest BCUT2D eigenvalue weighted by Crippen LogP contribution is -2.18. The minimum atomic E-state index is 0.0118. The van der Waals surface area contributed by atoms with Gasteiger partial charge in [-0.3, -0.25) is 0 Å². The van der Waals surface area contributed by atoms with E-state index in [2.05, 4.69) is 13.8 Å². The van der Waals surface area contributed by atoms with Crippen molar-refractivity contribution in [3.05, 3.63) is 0 Å². The van der Waals surface area contributed by atoms with Gasteiger partial charge in [-0.1, -0.05) is 26.7 Å². The summed E-state index contributed by atoms with van der Waals surface area (Å²) < 4.78 is 11.3. The van der Waals surface area contributed by atoms with Crippen molar-refractivity contribution in [1.29, 1.82) is 0 Å². The SMILES string of the molecule is CCCOC(CCCCCCN)OCCC. The molecule has 0 aromatic carbocycles. The maximum Gasteiger partial charge on any atom is 0.157 e. The molecule has 0 unspecified atom stereocenters. The van der Waals surface area contributed by atoms with Gasteiger partial charge in [0.15, 0.2) is 6.29 Å². The standard InChI is InChI=1S/C13H29NO2/c1-3-11-15-13(16-12-4-2)9-7-5-6-8-10-14/h13H,3-12,14H2,1-2H3. The number of ether oxygens (including phenoxy) is 2. The molecule has 0 aromatic heterocycles. The van der Waals surface area contributed by atoms with Crippen LogP contribution in [0.25, 0.3) is 0 Å². The number of nitrogens with two attached hydrogens (primary N) is 1. The Kier molecular flexibility index (Phi) is 12.9. The minimum absolute atomic E-state index is 0.0118. The topological polar surface area (TPSA) is 44.5 Å². The molecule has 0 saturated heterocycles. The number of hydrogen-bond acceptors (Lipinski definition) is 3. The molecule has 0 aliphatic heterocycles. The predicted octanol–water partition coefficient (Wildman–Crippen LogP) is 3.07. The van der Waals surface area contributed by atoms with Gasteiger partial charge in [0, 0.05) is 13.2 Å². The van der Waals surface area contributed by atoms with E-state index in [1.807, 2.05) is 0 Å². The third-order valence-electron chi connectivity index (χ3n) is 2.41. The third-order valence-corrected chi connectivity index (χ3v) is 2.41. The van der Waals surface area contributed by atoms with Crippen LogP contribution in [0.15, 0.2) is 0 Å². The van der Waals surface area contributed by atoms with Crippen molar-refractivity contribution in [2.45, 2.75) is 65.1 Å². The third kappa shape index (κ3) is 10.4. The molecule has 0 aliphatic rings. The van der Waals surface area contributed by atoms with E-state index in [0.717, 1.165) is 45.4 Å². The van der Waals surface area contributed by atoms with Gasteiger partial charge in [-0.15, -0.1) is 0 Å². The van der Waals surface area contributed by atoms with E-state index in [0.29, 0.717) is 0 Å². The Morgan fingerprint density at radius 3 is 1.94 bits per heavy atom. The Morgan fingerprint density at radius 2 is 1.44 bits per heavy atom. The highest BCUT2D eigenvalue weighted by Gasteiger charge is 2.07. The van der Waals surface area contributed by atoms with Gasteiger partial charge < -0.3 is 15.2 Å². The second kappa shape index (κ2) is 12.9. The fraction of sp³-hybridized carbons (Fsp3) is 1.00. The van der Waals surface area contributed by atoms with Crippen molar-refractivity contribution in [2.24, 2.45) is 5.73 Å². The first-order valence-electron chi connectivity index (χ1n) is 6.78. The average molecular weight is 231 g/mol. The second-order valence-electron chi connectivity index (χ2n) is 4.16. The van der Waals surface area contributed by atoms with Crippen molar-refractivity contribution >= 4 is 0 Å². The van der Waals surface area contributed by atoms with Crippen LogP contribution in [0.4, 0.5) is 0 Å². The molecule has 0 aromatic rings. The lowest BCUT2D eigenvalue weighted by molar-refractivity contribution is -0.146. The van der Waals surface area contributed by atoms with E-state index in [9.17, 15) is 0 Å². The summed E-state index contributed by atoms with van der Waals surface area (Å²) in [6.07, 6.45) is 7.92. The van der Waals surface area contributed by atoms with Gasteiger partial charge >= 0.3 is 0 Å². The van der Waals surface area contributed by atoms with Crippen LogP contribution in [0.5, 0.6) is 0 Å². The smallest absolute Gasteiger partial charge is 0.157 e. The van der Waals surface area contributed by atoms with E-state index >= 15 is 0 Å². The van der Waals surface area contributed by atoms with Crippen LogP contribution in [-0.4, -0.2) is 26.0 Å². The van der Waals surface area contributed by atoms with Crippen LogP contribution in [0, 0.1) is 0 Å². The Hall–Kier alpha value is -0.120. The number of hydrogen-bond donors (Lipinski definition) is 1. The van der Waals surface area contributed by atoms with Gasteiger partial charge in [0.05, 0.1) is 0 Å². The van der Waals surface area contributed by atoms with Gasteiger partial charge in [0.2, 0.25) is 0 Å². The van der Waals surface area contributed by atoms with Gasteiger partial charge in [-0.2, -0.15) is 0 Å². The molecular weight excluding hydrogens is 202 g/mol. The van der Waals surface area contributed by atoms with E-state index in [-0.39, 0.29) is 6.29 Å². The second-order valence-corrected chi connectivity index (χ2v) is 4.16. The van der Waals surface area contributed by atoms with Gasteiger partial charge in [0.25, 0.3) is 0 Å². The lowest BCUT2D eigenvalue weighted by atomic mass is 10.1. The Labute approximate surface area is 101 Å². The quantitative estimate of drug-likeness (QED) is 0.415. The van der Waals surface area contributed by atoms with Crippen LogP contribution in [0.1, 0.15) is 58.8 Å². The molecule has 98 valence electrons. The monoisotopic (exact) mass is 231 g/mol. The first-order valence-corrected chi connectivity index (χ1v) is 6.78. The molecule has 0 aliphatic carbocycles. The molecule has 16 heavy (non-hydrogen) atoms. The highest BCUT2D eigenvalue weighted by molar-refractivity contribution is 4.50.